The van der Waals surface area contributed by atoms with Crippen LogP contribution >= 0.6 is 12.2 Å². The van der Waals surface area contributed by atoms with Gasteiger partial charge >= 0.3 is 0 Å². The minimum Gasteiger partial charge on any atom is -0.278 e. The van der Waals surface area contributed by atoms with Gasteiger partial charge in [0.1, 0.15) is 0 Å². The molecule has 3 aromatic heterocycles. The second-order valence-corrected chi connectivity index (χ2v) is 10.6. The van der Waals surface area contributed by atoms with E-state index in [0.717, 1.165) is 39.0 Å². The largest absolute Gasteiger partial charge is 0.278 e. The third-order valence-corrected chi connectivity index (χ3v) is 7.73. The molecule has 0 aliphatic rings. The van der Waals surface area contributed by atoms with E-state index < -0.39 is 0 Å². The maximum atomic E-state index is 5.87. The van der Waals surface area contributed by atoms with Crippen LogP contribution in [-0.2, 0) is 0 Å². The molecular formula is C36H23N7S. The highest BCUT2D eigenvalue weighted by Crippen LogP contribution is 2.29. The van der Waals surface area contributed by atoms with Crippen LogP contribution in [0.2, 0.25) is 0 Å². The second kappa shape index (κ2) is 10.8. The Morgan fingerprint density at radius 3 is 1.45 bits per heavy atom. The number of hydrogen-bond donors (Lipinski definition) is 0. The maximum absolute atomic E-state index is 5.87. The lowest BCUT2D eigenvalue weighted by molar-refractivity contribution is 0.978. The summed E-state index contributed by atoms with van der Waals surface area (Å²) in [5, 5.41) is 0. The van der Waals surface area contributed by atoms with E-state index in [1.807, 2.05) is 126 Å². The van der Waals surface area contributed by atoms with E-state index in [-0.39, 0.29) is 0 Å². The highest BCUT2D eigenvalue weighted by molar-refractivity contribution is 7.71. The molecule has 7 nitrogen and oxygen atoms in total. The number of aromatic nitrogens is 7. The van der Waals surface area contributed by atoms with Crippen LogP contribution in [0.1, 0.15) is 0 Å². The van der Waals surface area contributed by atoms with E-state index in [4.69, 9.17) is 37.1 Å². The minimum absolute atomic E-state index is 0.430. The Labute approximate surface area is 257 Å². The van der Waals surface area contributed by atoms with Gasteiger partial charge in [-0.25, -0.2) is 15.0 Å². The summed E-state index contributed by atoms with van der Waals surface area (Å²) >= 11 is 5.87. The lowest BCUT2D eigenvalue weighted by Gasteiger charge is -2.10. The zero-order valence-electron chi connectivity index (χ0n) is 23.3. The summed E-state index contributed by atoms with van der Waals surface area (Å²) in [5.41, 5.74) is 6.40. The molecule has 0 saturated carbocycles. The van der Waals surface area contributed by atoms with Crippen LogP contribution in [0.4, 0.5) is 0 Å². The molecule has 3 heterocycles. The van der Waals surface area contributed by atoms with Crippen LogP contribution in [0.15, 0.2) is 140 Å². The first kappa shape index (κ1) is 25.8. The first-order valence-electron chi connectivity index (χ1n) is 14.2. The van der Waals surface area contributed by atoms with Crippen LogP contribution < -0.4 is 0 Å². The average molecular weight is 586 g/mol. The molecule has 0 spiro atoms. The number of fused-ring (bicyclic) bond motifs is 3. The average Bonchev–Trinajstić information content (AvgIpc) is 3.44. The quantitative estimate of drug-likeness (QED) is 0.189. The molecular weight excluding hydrogens is 563 g/mol. The molecule has 8 aromatic rings. The molecule has 0 aliphatic carbocycles. The molecule has 0 aliphatic heterocycles. The molecule has 0 amide bonds. The zero-order chi connectivity index (χ0) is 29.5. The van der Waals surface area contributed by atoms with Crippen molar-refractivity contribution in [2.45, 2.75) is 0 Å². The molecule has 0 N–H and O–H groups in total. The number of para-hydroxylation sites is 3. The standard InChI is InChI=1S/C36H23N7S/c44-36-41-34(40-35-42(28-19-8-3-9-20-28)29-21-10-11-22-30(29)43(35)36)27-18-12-17-26(23-27)33-38-31(24-13-4-1-5-14-24)37-32(39-33)25-15-6-2-7-16-25/h1-23H. The van der Waals surface area contributed by atoms with Crippen LogP contribution in [0, 0.1) is 4.77 Å². The fraction of sp³-hybridized carbons (Fsp3) is 0. The fourth-order valence-electron chi connectivity index (χ4n) is 5.40. The maximum Gasteiger partial charge on any atom is 0.223 e. The van der Waals surface area contributed by atoms with E-state index >= 15 is 0 Å². The van der Waals surface area contributed by atoms with Gasteiger partial charge in [-0.15, -0.1) is 0 Å². The van der Waals surface area contributed by atoms with Crippen molar-refractivity contribution in [2.75, 3.05) is 0 Å². The summed E-state index contributed by atoms with van der Waals surface area (Å²) in [5.74, 6) is 2.99. The number of rotatable bonds is 5. The van der Waals surface area contributed by atoms with E-state index in [2.05, 4.69) is 22.8 Å². The van der Waals surface area contributed by atoms with Crippen molar-refractivity contribution in [3.63, 3.8) is 0 Å². The van der Waals surface area contributed by atoms with Gasteiger partial charge in [0.15, 0.2) is 23.3 Å². The van der Waals surface area contributed by atoms with Crippen molar-refractivity contribution in [2.24, 2.45) is 0 Å². The first-order chi connectivity index (χ1) is 21.7. The fourth-order valence-corrected chi connectivity index (χ4v) is 5.67. The van der Waals surface area contributed by atoms with Crippen molar-refractivity contribution in [3.8, 4) is 51.2 Å². The lowest BCUT2D eigenvalue weighted by atomic mass is 10.1. The minimum atomic E-state index is 0.430. The number of nitrogens with zero attached hydrogens (tertiary/aromatic N) is 7. The Morgan fingerprint density at radius 2 is 0.864 bits per heavy atom. The number of imidazole rings is 1. The van der Waals surface area contributed by atoms with Crippen LogP contribution in [0.5, 0.6) is 0 Å². The summed E-state index contributed by atoms with van der Waals surface area (Å²) in [6.07, 6.45) is 0. The predicted octanol–water partition coefficient (Wildman–Crippen LogP) is 8.26. The van der Waals surface area contributed by atoms with Crippen LogP contribution in [-0.4, -0.2) is 33.9 Å². The molecule has 8 heteroatoms. The van der Waals surface area contributed by atoms with Gasteiger partial charge in [0.05, 0.1) is 11.0 Å². The van der Waals surface area contributed by atoms with Gasteiger partial charge in [-0.3, -0.25) is 8.97 Å². The predicted molar refractivity (Wildman–Crippen MR) is 176 cm³/mol. The number of benzene rings is 5. The Bertz CT molecular complexity index is 2290. The van der Waals surface area contributed by atoms with Gasteiger partial charge in [-0.05, 0) is 42.5 Å². The van der Waals surface area contributed by atoms with Gasteiger partial charge in [-0.1, -0.05) is 109 Å². The molecule has 208 valence electrons. The molecule has 0 fully saturated rings. The van der Waals surface area contributed by atoms with Gasteiger partial charge in [0.2, 0.25) is 10.5 Å². The van der Waals surface area contributed by atoms with Crippen molar-refractivity contribution >= 4 is 29.0 Å². The lowest BCUT2D eigenvalue weighted by Crippen LogP contribution is -2.03. The summed E-state index contributed by atoms with van der Waals surface area (Å²) in [4.78, 5) is 24.5. The van der Waals surface area contributed by atoms with Crippen molar-refractivity contribution in [1.29, 1.82) is 0 Å². The van der Waals surface area contributed by atoms with E-state index in [1.165, 1.54) is 0 Å². The van der Waals surface area contributed by atoms with Gasteiger partial charge in [0, 0.05) is 27.9 Å². The highest BCUT2D eigenvalue weighted by Gasteiger charge is 2.17. The summed E-state index contributed by atoms with van der Waals surface area (Å²) in [6, 6.07) is 46.1. The summed E-state index contributed by atoms with van der Waals surface area (Å²) in [7, 11) is 0. The van der Waals surface area contributed by atoms with Gasteiger partial charge in [0.25, 0.3) is 0 Å². The van der Waals surface area contributed by atoms with Crippen molar-refractivity contribution in [1.82, 2.24) is 33.9 Å². The molecule has 0 saturated heterocycles. The first-order valence-corrected chi connectivity index (χ1v) is 14.6. The van der Waals surface area contributed by atoms with E-state index in [1.54, 1.807) is 0 Å². The van der Waals surface area contributed by atoms with Crippen LogP contribution in [0.3, 0.4) is 0 Å². The van der Waals surface area contributed by atoms with Crippen molar-refractivity contribution < 1.29 is 0 Å². The molecule has 5 aromatic carbocycles. The Hall–Kier alpha value is -5.86. The summed E-state index contributed by atoms with van der Waals surface area (Å²) < 4.78 is 4.47. The Balaban J connectivity index is 1.31. The summed E-state index contributed by atoms with van der Waals surface area (Å²) in [6.45, 7) is 0. The molecule has 0 bridgehead atoms. The molecule has 44 heavy (non-hydrogen) atoms. The SMILES string of the molecule is S=c1nc(-c2cccc(-c3nc(-c4ccccc4)nc(-c4ccccc4)n3)c2)nc2n(-c3ccccc3)c3ccccc3n12. The highest BCUT2D eigenvalue weighted by atomic mass is 32.1. The zero-order valence-corrected chi connectivity index (χ0v) is 24.1. The molecule has 0 atom stereocenters. The topological polar surface area (TPSA) is 73.8 Å². The normalized spacial score (nSPS) is 11.3. The van der Waals surface area contributed by atoms with Gasteiger partial charge < -0.3 is 0 Å². The third kappa shape index (κ3) is 4.54. The van der Waals surface area contributed by atoms with E-state index in [0.29, 0.717) is 33.8 Å². The van der Waals surface area contributed by atoms with Crippen molar-refractivity contribution in [3.05, 3.63) is 144 Å². The Morgan fingerprint density at radius 1 is 0.409 bits per heavy atom. The molecule has 8 rings (SSSR count). The molecule has 0 unspecified atom stereocenters. The monoisotopic (exact) mass is 585 g/mol. The number of hydrogen-bond acceptors (Lipinski definition) is 6. The van der Waals surface area contributed by atoms with E-state index in [9.17, 15) is 0 Å². The third-order valence-electron chi connectivity index (χ3n) is 7.46. The smallest absolute Gasteiger partial charge is 0.223 e. The molecule has 0 radical (unpaired) electrons. The van der Waals surface area contributed by atoms with Crippen LogP contribution in [0.25, 0.3) is 68.0 Å². The van der Waals surface area contributed by atoms with Gasteiger partial charge in [-0.2, -0.15) is 9.97 Å². The Kier molecular flexibility index (Phi) is 6.31. The second-order valence-electron chi connectivity index (χ2n) is 10.2.